The second-order valence-electron chi connectivity index (χ2n) is 2.91. The lowest BCUT2D eigenvalue weighted by atomic mass is 9.82. The molecular weight excluding hydrogens is 215 g/mol. The van der Waals surface area contributed by atoms with E-state index in [1.54, 1.807) is 0 Å². The first-order chi connectivity index (χ1) is 6.40. The standard InChI is InChI=1S/C8H8BClF3O/c1-14-8-3-6(2-7(10)4-8)5-9(11,12)13/h2-4H,5H2,1H3/q-1. The molecule has 0 saturated heterocycles. The average Bonchev–Trinajstić information content (AvgIpc) is 1.99. The van der Waals surface area contributed by atoms with E-state index in [1.807, 2.05) is 0 Å². The average molecular weight is 223 g/mol. The Morgan fingerprint density at radius 1 is 1.29 bits per heavy atom. The molecule has 0 spiro atoms. The van der Waals surface area contributed by atoms with Crippen LogP contribution in [0.4, 0.5) is 12.9 Å². The fraction of sp³-hybridized carbons (Fsp3) is 0.250. The monoisotopic (exact) mass is 223 g/mol. The third-order valence-corrected chi connectivity index (χ3v) is 1.85. The Labute approximate surface area is 84.9 Å². The molecule has 0 atom stereocenters. The number of hydrogen-bond acceptors (Lipinski definition) is 1. The number of rotatable bonds is 3. The second-order valence-corrected chi connectivity index (χ2v) is 3.35. The Kier molecular flexibility index (Phi) is 3.31. The van der Waals surface area contributed by atoms with Crippen molar-refractivity contribution in [2.45, 2.75) is 6.32 Å². The van der Waals surface area contributed by atoms with Crippen molar-refractivity contribution in [3.05, 3.63) is 28.8 Å². The van der Waals surface area contributed by atoms with Crippen LogP contribution in [0.3, 0.4) is 0 Å². The molecule has 0 radical (unpaired) electrons. The lowest BCUT2D eigenvalue weighted by Crippen LogP contribution is -2.19. The largest absolute Gasteiger partial charge is 0.497 e. The Bertz CT molecular complexity index is 327. The minimum absolute atomic E-state index is 0.127. The Morgan fingerprint density at radius 3 is 2.43 bits per heavy atom. The Hall–Kier alpha value is -0.835. The van der Waals surface area contributed by atoms with Crippen molar-refractivity contribution in [2.75, 3.05) is 7.11 Å². The Balaban J connectivity index is 2.92. The van der Waals surface area contributed by atoms with Gasteiger partial charge in [-0.3, -0.25) is 0 Å². The highest BCUT2D eigenvalue weighted by Crippen LogP contribution is 2.24. The van der Waals surface area contributed by atoms with E-state index in [2.05, 4.69) is 0 Å². The minimum atomic E-state index is -4.83. The first kappa shape index (κ1) is 11.2. The van der Waals surface area contributed by atoms with Gasteiger partial charge >= 0.3 is 6.98 Å². The highest BCUT2D eigenvalue weighted by Gasteiger charge is 2.23. The van der Waals surface area contributed by atoms with E-state index in [0.717, 1.165) is 0 Å². The van der Waals surface area contributed by atoms with Gasteiger partial charge in [0.15, 0.2) is 0 Å². The van der Waals surface area contributed by atoms with E-state index >= 15 is 0 Å². The zero-order valence-electron chi connectivity index (χ0n) is 7.44. The van der Waals surface area contributed by atoms with Gasteiger partial charge in [-0.25, -0.2) is 0 Å². The van der Waals surface area contributed by atoms with E-state index in [0.29, 0.717) is 5.75 Å². The molecule has 0 aliphatic rings. The molecule has 1 aromatic carbocycles. The van der Waals surface area contributed by atoms with Gasteiger partial charge in [-0.15, -0.1) is 0 Å². The maximum absolute atomic E-state index is 12.1. The van der Waals surface area contributed by atoms with Gasteiger partial charge in [-0.2, -0.15) is 0 Å². The summed E-state index contributed by atoms with van der Waals surface area (Å²) in [5.41, 5.74) is 0.127. The fourth-order valence-corrected chi connectivity index (χ4v) is 1.37. The smallest absolute Gasteiger partial charge is 0.482 e. The lowest BCUT2D eigenvalue weighted by Gasteiger charge is -2.14. The molecule has 0 aliphatic heterocycles. The van der Waals surface area contributed by atoms with Crippen LogP contribution in [0.5, 0.6) is 5.75 Å². The van der Waals surface area contributed by atoms with Crippen molar-refractivity contribution < 1.29 is 17.7 Å². The van der Waals surface area contributed by atoms with Crippen LogP contribution in [0.15, 0.2) is 18.2 Å². The molecule has 0 N–H and O–H groups in total. The molecule has 1 nitrogen and oxygen atoms in total. The molecule has 0 unspecified atom stereocenters. The van der Waals surface area contributed by atoms with E-state index in [4.69, 9.17) is 16.3 Å². The molecule has 14 heavy (non-hydrogen) atoms. The summed E-state index contributed by atoms with van der Waals surface area (Å²) >= 11 is 5.62. The van der Waals surface area contributed by atoms with Gasteiger partial charge in [0.1, 0.15) is 5.75 Å². The van der Waals surface area contributed by atoms with Gasteiger partial charge in [0.25, 0.3) is 0 Å². The fourth-order valence-electron chi connectivity index (χ4n) is 1.12. The molecule has 0 bridgehead atoms. The molecule has 0 saturated carbocycles. The normalized spacial score (nSPS) is 11.5. The molecule has 0 aromatic heterocycles. The minimum Gasteiger partial charge on any atom is -0.497 e. The van der Waals surface area contributed by atoms with Gasteiger partial charge in [0.05, 0.1) is 7.11 Å². The zero-order valence-corrected chi connectivity index (χ0v) is 8.19. The topological polar surface area (TPSA) is 9.23 Å². The molecule has 0 heterocycles. The maximum atomic E-state index is 12.1. The number of benzene rings is 1. The molecule has 0 amide bonds. The van der Waals surface area contributed by atoms with Crippen LogP contribution in [0.1, 0.15) is 5.56 Å². The van der Waals surface area contributed by atoms with E-state index in [9.17, 15) is 12.9 Å². The Morgan fingerprint density at radius 2 is 1.93 bits per heavy atom. The number of methoxy groups -OCH3 is 1. The van der Waals surface area contributed by atoms with Gasteiger partial charge in [-0.05, 0) is 18.2 Å². The van der Waals surface area contributed by atoms with Crippen molar-refractivity contribution in [1.29, 1.82) is 0 Å². The molecule has 78 valence electrons. The number of halogens is 4. The summed E-state index contributed by atoms with van der Waals surface area (Å²) < 4.78 is 41.1. The first-order valence-corrected chi connectivity index (χ1v) is 4.33. The SMILES string of the molecule is COc1cc(Cl)cc(C[B-](F)(F)F)c1. The van der Waals surface area contributed by atoms with Crippen LogP contribution in [-0.4, -0.2) is 14.1 Å². The van der Waals surface area contributed by atoms with Crippen molar-refractivity contribution in [3.63, 3.8) is 0 Å². The molecule has 1 aromatic rings. The van der Waals surface area contributed by atoms with Crippen molar-refractivity contribution in [3.8, 4) is 5.75 Å². The van der Waals surface area contributed by atoms with Crippen LogP contribution >= 0.6 is 11.6 Å². The van der Waals surface area contributed by atoms with Crippen LogP contribution < -0.4 is 4.74 Å². The predicted molar refractivity (Wildman–Crippen MR) is 50.8 cm³/mol. The van der Waals surface area contributed by atoms with Crippen molar-refractivity contribution in [1.82, 2.24) is 0 Å². The molecule has 6 heteroatoms. The van der Waals surface area contributed by atoms with Crippen LogP contribution in [-0.2, 0) is 6.32 Å². The quantitative estimate of drug-likeness (QED) is 0.715. The summed E-state index contributed by atoms with van der Waals surface area (Å²) in [7, 11) is 1.38. The van der Waals surface area contributed by atoms with Gasteiger partial charge in [0, 0.05) is 5.02 Å². The summed E-state index contributed by atoms with van der Waals surface area (Å²) in [6.07, 6.45) is -0.934. The third-order valence-electron chi connectivity index (χ3n) is 1.63. The lowest BCUT2D eigenvalue weighted by molar-refractivity contribution is 0.414. The van der Waals surface area contributed by atoms with Crippen LogP contribution in [0, 0.1) is 0 Å². The molecule has 0 aliphatic carbocycles. The highest BCUT2D eigenvalue weighted by atomic mass is 35.5. The summed E-state index contributed by atoms with van der Waals surface area (Å²) in [5, 5.41) is 0.249. The number of hydrogen-bond donors (Lipinski definition) is 0. The van der Waals surface area contributed by atoms with Crippen molar-refractivity contribution >= 4 is 18.6 Å². The molecule has 1 rings (SSSR count). The second kappa shape index (κ2) is 4.13. The van der Waals surface area contributed by atoms with E-state index in [-0.39, 0.29) is 10.6 Å². The first-order valence-electron chi connectivity index (χ1n) is 3.95. The molecular formula is C8H8BClF3O-. The van der Waals surface area contributed by atoms with Gasteiger partial charge in [-0.1, -0.05) is 23.5 Å². The summed E-state index contributed by atoms with van der Waals surface area (Å²) in [4.78, 5) is 0. The summed E-state index contributed by atoms with van der Waals surface area (Å²) in [6, 6.07) is 4.09. The summed E-state index contributed by atoms with van der Waals surface area (Å²) in [6.45, 7) is -4.83. The molecule has 0 fully saturated rings. The third kappa shape index (κ3) is 3.50. The highest BCUT2D eigenvalue weighted by molar-refractivity contribution is 6.57. The van der Waals surface area contributed by atoms with Gasteiger partial charge in [0.2, 0.25) is 0 Å². The van der Waals surface area contributed by atoms with Crippen molar-refractivity contribution in [2.24, 2.45) is 0 Å². The van der Waals surface area contributed by atoms with E-state index < -0.39 is 13.3 Å². The predicted octanol–water partition coefficient (Wildman–Crippen LogP) is 3.28. The van der Waals surface area contributed by atoms with Crippen LogP contribution in [0.25, 0.3) is 0 Å². The maximum Gasteiger partial charge on any atom is 0.482 e. The summed E-state index contributed by atoms with van der Waals surface area (Å²) in [5.74, 6) is 0.340. The van der Waals surface area contributed by atoms with Crippen LogP contribution in [0.2, 0.25) is 5.02 Å². The van der Waals surface area contributed by atoms with E-state index in [1.165, 1.54) is 25.3 Å². The number of ether oxygens (including phenoxy) is 1. The van der Waals surface area contributed by atoms with Gasteiger partial charge < -0.3 is 17.7 Å². The zero-order chi connectivity index (χ0) is 10.8.